The molecular weight excluding hydrogens is 441 g/mol. The van der Waals surface area contributed by atoms with Crippen molar-refractivity contribution in [2.45, 2.75) is 24.1 Å². The van der Waals surface area contributed by atoms with Crippen LogP contribution in [0.2, 0.25) is 10.0 Å². The molecule has 2 saturated heterocycles. The van der Waals surface area contributed by atoms with E-state index in [4.69, 9.17) is 28.6 Å². The van der Waals surface area contributed by atoms with Crippen molar-refractivity contribution in [3.8, 4) is 0 Å². The van der Waals surface area contributed by atoms with E-state index in [0.29, 0.717) is 45.6 Å². The van der Waals surface area contributed by atoms with Gasteiger partial charge in [-0.15, -0.1) is 0 Å². The van der Waals surface area contributed by atoms with Crippen LogP contribution >= 0.6 is 39.1 Å². The van der Waals surface area contributed by atoms with Crippen LogP contribution in [0.1, 0.15) is 29.6 Å². The summed E-state index contributed by atoms with van der Waals surface area (Å²) in [6.45, 7) is 1.51. The highest BCUT2D eigenvalue weighted by Gasteiger charge is 2.34. The van der Waals surface area contributed by atoms with E-state index >= 15 is 0 Å². The smallest absolute Gasteiger partial charge is 0.254 e. The van der Waals surface area contributed by atoms with Crippen molar-refractivity contribution in [2.75, 3.05) is 19.6 Å². The fourth-order valence-corrected chi connectivity index (χ4v) is 4.08. The molecule has 1 unspecified atom stereocenters. The third kappa shape index (κ3) is 4.03. The summed E-state index contributed by atoms with van der Waals surface area (Å²) >= 11 is 15.4. The predicted molar refractivity (Wildman–Crippen MR) is 105 cm³/mol. The number of quaternary nitrogens is 1. The first-order chi connectivity index (χ1) is 12.4. The molecule has 1 aromatic rings. The van der Waals surface area contributed by atoms with Crippen molar-refractivity contribution in [1.29, 1.82) is 5.41 Å². The fourth-order valence-electron chi connectivity index (χ4n) is 3.21. The number of benzene rings is 1. The number of halogens is 3. The average Bonchev–Trinajstić information content (AvgIpc) is 2.79. The number of carbonyl (C=O) groups is 2. The number of rotatable bonds is 1. The molecule has 26 heavy (non-hydrogen) atoms. The van der Waals surface area contributed by atoms with Gasteiger partial charge in [-0.2, -0.15) is 0 Å². The van der Waals surface area contributed by atoms with Crippen molar-refractivity contribution < 1.29 is 14.9 Å². The molecule has 0 spiro atoms. The SMILES string of the molecule is N=C1CCN(C(=O)c2ccc(Cl)c(Cl)c2)C/C1=C1/[NH2+]CCCC(Br)C1=O. The van der Waals surface area contributed by atoms with Crippen LogP contribution in [0.15, 0.2) is 29.5 Å². The molecule has 8 heteroatoms. The van der Waals surface area contributed by atoms with Crippen molar-refractivity contribution in [3.05, 3.63) is 45.1 Å². The summed E-state index contributed by atoms with van der Waals surface area (Å²) in [5, 5.41) is 10.9. The maximum absolute atomic E-state index is 12.8. The molecule has 1 aromatic carbocycles. The Balaban J connectivity index is 1.88. The van der Waals surface area contributed by atoms with Crippen LogP contribution in [0.3, 0.4) is 0 Å². The van der Waals surface area contributed by atoms with E-state index < -0.39 is 0 Å². The summed E-state index contributed by atoms with van der Waals surface area (Å²) < 4.78 is 0. The first-order valence-electron chi connectivity index (χ1n) is 8.45. The van der Waals surface area contributed by atoms with Gasteiger partial charge in [0.15, 0.2) is 5.70 Å². The van der Waals surface area contributed by atoms with Gasteiger partial charge in [0.25, 0.3) is 5.91 Å². The molecule has 5 nitrogen and oxygen atoms in total. The largest absolute Gasteiger partial charge is 0.334 e. The normalized spacial score (nSPS) is 24.6. The number of Topliss-reactive ketones (excluding diaryl/α,β-unsaturated/α-hetero) is 1. The lowest BCUT2D eigenvalue weighted by atomic mass is 9.96. The number of carbonyl (C=O) groups excluding carboxylic acids is 2. The van der Waals surface area contributed by atoms with Crippen LogP contribution in [0.25, 0.3) is 0 Å². The summed E-state index contributed by atoms with van der Waals surface area (Å²) in [5.74, 6) is -0.170. The van der Waals surface area contributed by atoms with Crippen LogP contribution < -0.4 is 5.32 Å². The van der Waals surface area contributed by atoms with Gasteiger partial charge in [0.2, 0.25) is 5.78 Å². The van der Waals surface area contributed by atoms with E-state index in [1.165, 1.54) is 0 Å². The number of hydrogen-bond donors (Lipinski definition) is 2. The number of likely N-dealkylation sites (tertiary alicyclic amines) is 1. The first-order valence-corrected chi connectivity index (χ1v) is 10.1. The van der Waals surface area contributed by atoms with Crippen LogP contribution in [0, 0.1) is 5.41 Å². The Morgan fingerprint density at radius 3 is 2.81 bits per heavy atom. The number of allylic oxidation sites excluding steroid dienone is 1. The molecule has 2 aliphatic rings. The zero-order valence-corrected chi connectivity index (χ0v) is 17.1. The Morgan fingerprint density at radius 2 is 2.08 bits per heavy atom. The quantitative estimate of drug-likeness (QED) is 0.500. The second-order valence-corrected chi connectivity index (χ2v) is 8.36. The molecular formula is C18H19BrCl2N3O2+. The number of nitrogens with zero attached hydrogens (tertiary/aromatic N) is 1. The molecule has 2 heterocycles. The molecule has 0 aliphatic carbocycles. The molecule has 0 bridgehead atoms. The second kappa shape index (κ2) is 8.21. The monoisotopic (exact) mass is 458 g/mol. The van der Waals surface area contributed by atoms with Crippen LogP contribution in [0.4, 0.5) is 0 Å². The minimum absolute atomic E-state index is 0.00564. The van der Waals surface area contributed by atoms with Crippen molar-refractivity contribution in [3.63, 3.8) is 0 Å². The molecule has 1 amide bonds. The lowest BCUT2D eigenvalue weighted by Crippen LogP contribution is -2.84. The van der Waals surface area contributed by atoms with Gasteiger partial charge in [0.1, 0.15) is 0 Å². The van der Waals surface area contributed by atoms with Gasteiger partial charge >= 0.3 is 0 Å². The van der Waals surface area contributed by atoms with E-state index in [-0.39, 0.29) is 23.1 Å². The molecule has 138 valence electrons. The number of alkyl halides is 1. The Morgan fingerprint density at radius 1 is 1.31 bits per heavy atom. The molecule has 2 aliphatic heterocycles. The van der Waals surface area contributed by atoms with E-state index in [9.17, 15) is 9.59 Å². The summed E-state index contributed by atoms with van der Waals surface area (Å²) in [5.41, 5.74) is 2.12. The Kier molecular flexibility index (Phi) is 6.17. The van der Waals surface area contributed by atoms with Gasteiger partial charge in [-0.3, -0.25) is 9.59 Å². The van der Waals surface area contributed by atoms with Crippen LogP contribution in [0.5, 0.6) is 0 Å². The lowest BCUT2D eigenvalue weighted by Gasteiger charge is -2.30. The summed E-state index contributed by atoms with van der Waals surface area (Å²) in [6.07, 6.45) is 2.14. The Bertz CT molecular complexity index is 810. The van der Waals surface area contributed by atoms with Gasteiger partial charge in [0, 0.05) is 24.2 Å². The van der Waals surface area contributed by atoms with Gasteiger partial charge in [-0.1, -0.05) is 39.1 Å². The Labute approximate surface area is 170 Å². The maximum atomic E-state index is 12.8. The minimum Gasteiger partial charge on any atom is -0.334 e. The highest BCUT2D eigenvalue weighted by molar-refractivity contribution is 9.10. The summed E-state index contributed by atoms with van der Waals surface area (Å²) in [6, 6.07) is 4.79. The van der Waals surface area contributed by atoms with Crippen molar-refractivity contribution in [1.82, 2.24) is 4.90 Å². The number of piperidine rings is 1. The standard InChI is InChI=1S/C18H18BrCl2N3O2/c19-12-2-1-6-23-16(17(12)25)11-9-24(7-5-15(11)22)18(26)10-3-4-13(20)14(21)8-10/h3-4,8,12,22-23H,1-2,5-7,9H2/p+1/b16-11-,22-15?. The average molecular weight is 460 g/mol. The number of hydrogen-bond acceptors (Lipinski definition) is 3. The van der Waals surface area contributed by atoms with E-state index in [1.54, 1.807) is 23.1 Å². The highest BCUT2D eigenvalue weighted by atomic mass is 79.9. The van der Waals surface area contributed by atoms with Gasteiger partial charge in [-0.05, 0) is 31.0 Å². The third-order valence-corrected chi connectivity index (χ3v) is 6.30. The first kappa shape index (κ1) is 19.5. The van der Waals surface area contributed by atoms with Crippen molar-refractivity contribution >= 4 is 56.5 Å². The second-order valence-electron chi connectivity index (χ2n) is 6.44. The van der Waals surface area contributed by atoms with Gasteiger partial charge in [0.05, 0.1) is 33.5 Å². The summed E-state index contributed by atoms with van der Waals surface area (Å²) in [4.78, 5) is 26.9. The molecule has 0 saturated carbocycles. The van der Waals surface area contributed by atoms with Crippen molar-refractivity contribution in [2.24, 2.45) is 0 Å². The zero-order valence-electron chi connectivity index (χ0n) is 14.0. The topological polar surface area (TPSA) is 77.8 Å². The number of nitrogens with one attached hydrogen (secondary N) is 1. The molecule has 1 atom stereocenters. The van der Waals surface area contributed by atoms with Gasteiger partial charge in [-0.25, -0.2) is 0 Å². The fraction of sp³-hybridized carbons (Fsp3) is 0.389. The van der Waals surface area contributed by atoms with E-state index in [1.807, 2.05) is 5.32 Å². The molecule has 3 rings (SSSR count). The molecule has 3 N–H and O–H groups in total. The number of nitrogens with two attached hydrogens (primary N) is 1. The molecule has 2 fully saturated rings. The third-order valence-electron chi connectivity index (χ3n) is 4.68. The highest BCUT2D eigenvalue weighted by Crippen LogP contribution is 2.25. The molecule has 0 radical (unpaired) electrons. The molecule has 0 aromatic heterocycles. The zero-order chi connectivity index (χ0) is 18.8. The predicted octanol–water partition coefficient (Wildman–Crippen LogP) is 2.80. The summed E-state index contributed by atoms with van der Waals surface area (Å²) in [7, 11) is 0. The minimum atomic E-state index is -0.224. The number of ketones is 1. The van der Waals surface area contributed by atoms with Crippen LogP contribution in [-0.2, 0) is 4.79 Å². The number of amides is 1. The maximum Gasteiger partial charge on any atom is 0.254 e. The van der Waals surface area contributed by atoms with E-state index in [0.717, 1.165) is 19.4 Å². The Hall–Kier alpha value is -1.21. The van der Waals surface area contributed by atoms with E-state index in [2.05, 4.69) is 15.9 Å². The lowest BCUT2D eigenvalue weighted by molar-refractivity contribution is -0.600. The van der Waals surface area contributed by atoms with Crippen LogP contribution in [-0.4, -0.2) is 46.8 Å². The van der Waals surface area contributed by atoms with Gasteiger partial charge < -0.3 is 15.6 Å².